The van der Waals surface area contributed by atoms with Crippen molar-refractivity contribution in [2.24, 2.45) is 5.92 Å². The minimum Gasteiger partial charge on any atom is -0.496 e. The summed E-state index contributed by atoms with van der Waals surface area (Å²) in [6.07, 6.45) is 2.20. The highest BCUT2D eigenvalue weighted by Gasteiger charge is 2.34. The van der Waals surface area contributed by atoms with E-state index >= 15 is 0 Å². The molecule has 0 aromatic carbocycles. The molecule has 2 unspecified atom stereocenters. The van der Waals surface area contributed by atoms with Crippen molar-refractivity contribution in [3.05, 3.63) is 16.3 Å². The maximum Gasteiger partial charge on any atom is 0.308 e. The fourth-order valence-electron chi connectivity index (χ4n) is 2.21. The van der Waals surface area contributed by atoms with Crippen LogP contribution in [-0.2, 0) is 4.79 Å². The summed E-state index contributed by atoms with van der Waals surface area (Å²) in [5.41, 5.74) is 0. The molecule has 0 saturated heterocycles. The van der Waals surface area contributed by atoms with Crippen molar-refractivity contribution in [2.75, 3.05) is 7.11 Å². The Morgan fingerprint density at radius 3 is 2.89 bits per heavy atom. The van der Waals surface area contributed by atoms with E-state index in [1.807, 2.05) is 0 Å². The third-order valence-electron chi connectivity index (χ3n) is 3.18. The molecule has 2 N–H and O–H groups in total. The summed E-state index contributed by atoms with van der Waals surface area (Å²) >= 11 is 1.29. The van der Waals surface area contributed by atoms with Crippen LogP contribution in [-0.4, -0.2) is 30.1 Å². The number of hydrogen-bond acceptors (Lipinski definition) is 4. The highest BCUT2D eigenvalue weighted by atomic mass is 32.1. The number of nitrogens with one attached hydrogen (secondary N) is 1. The Balaban J connectivity index is 2.00. The van der Waals surface area contributed by atoms with Crippen molar-refractivity contribution in [3.8, 4) is 5.75 Å². The number of aliphatic carboxylic acids is 1. The molecule has 1 aliphatic carbocycles. The first-order valence-corrected chi connectivity index (χ1v) is 6.66. The Labute approximate surface area is 109 Å². The van der Waals surface area contributed by atoms with Crippen molar-refractivity contribution < 1.29 is 19.4 Å². The largest absolute Gasteiger partial charge is 0.496 e. The van der Waals surface area contributed by atoms with Crippen LogP contribution in [0.1, 0.15) is 28.9 Å². The number of rotatable bonds is 4. The first-order valence-electron chi connectivity index (χ1n) is 5.78. The zero-order valence-corrected chi connectivity index (χ0v) is 10.8. The van der Waals surface area contributed by atoms with Gasteiger partial charge in [-0.25, -0.2) is 0 Å². The molecule has 1 fully saturated rings. The van der Waals surface area contributed by atoms with Crippen molar-refractivity contribution in [3.63, 3.8) is 0 Å². The normalized spacial score (nSPS) is 22.7. The lowest BCUT2D eigenvalue weighted by molar-refractivity contribution is -0.142. The van der Waals surface area contributed by atoms with Crippen LogP contribution in [0, 0.1) is 5.92 Å². The lowest BCUT2D eigenvalue weighted by Crippen LogP contribution is -2.39. The molecule has 1 amide bonds. The summed E-state index contributed by atoms with van der Waals surface area (Å²) in [6.45, 7) is 0. The molecule has 1 aromatic heterocycles. The number of amides is 1. The summed E-state index contributed by atoms with van der Waals surface area (Å²) in [4.78, 5) is 23.5. The van der Waals surface area contributed by atoms with E-state index in [9.17, 15) is 9.59 Å². The predicted octanol–water partition coefficient (Wildman–Crippen LogP) is 1.74. The lowest BCUT2D eigenvalue weighted by Gasteiger charge is -2.16. The molecule has 0 spiro atoms. The molecule has 0 radical (unpaired) electrons. The maximum absolute atomic E-state index is 11.9. The summed E-state index contributed by atoms with van der Waals surface area (Å²) in [6, 6.07) is 1.40. The number of ether oxygens (including phenoxy) is 1. The van der Waals surface area contributed by atoms with Gasteiger partial charge in [0.1, 0.15) is 5.75 Å². The monoisotopic (exact) mass is 269 g/mol. The number of carbonyl (C=O) groups is 2. The molecule has 0 bridgehead atoms. The molecular weight excluding hydrogens is 254 g/mol. The van der Waals surface area contributed by atoms with E-state index < -0.39 is 11.9 Å². The first kappa shape index (κ1) is 12.9. The van der Waals surface area contributed by atoms with Crippen LogP contribution in [0.2, 0.25) is 0 Å². The number of methoxy groups -OCH3 is 1. The number of hydrogen-bond donors (Lipinski definition) is 2. The maximum atomic E-state index is 11.9. The fraction of sp³-hybridized carbons (Fsp3) is 0.500. The fourth-order valence-corrected chi connectivity index (χ4v) is 2.97. The number of thiophene rings is 1. The smallest absolute Gasteiger partial charge is 0.308 e. The molecule has 0 aliphatic heterocycles. The molecule has 6 heteroatoms. The average molecular weight is 269 g/mol. The Kier molecular flexibility index (Phi) is 3.86. The Morgan fingerprint density at radius 2 is 2.28 bits per heavy atom. The number of carboxylic acids is 1. The quantitative estimate of drug-likeness (QED) is 0.873. The van der Waals surface area contributed by atoms with Crippen LogP contribution in [0.25, 0.3) is 0 Å². The SMILES string of the molecule is COc1csc(C(=O)NC2CCCC2C(=O)O)c1. The second-order valence-corrected chi connectivity index (χ2v) is 5.22. The molecule has 2 atom stereocenters. The molecule has 1 heterocycles. The van der Waals surface area contributed by atoms with Gasteiger partial charge in [0, 0.05) is 17.5 Å². The van der Waals surface area contributed by atoms with Crippen LogP contribution in [0.3, 0.4) is 0 Å². The molecule has 1 saturated carbocycles. The van der Waals surface area contributed by atoms with Gasteiger partial charge in [0.05, 0.1) is 17.9 Å². The molecule has 18 heavy (non-hydrogen) atoms. The molecular formula is C12H15NO4S. The van der Waals surface area contributed by atoms with Gasteiger partial charge in [0.2, 0.25) is 0 Å². The second-order valence-electron chi connectivity index (χ2n) is 4.31. The topological polar surface area (TPSA) is 75.6 Å². The summed E-state index contributed by atoms with van der Waals surface area (Å²) in [5.74, 6) is -0.870. The van der Waals surface area contributed by atoms with E-state index in [-0.39, 0.29) is 11.9 Å². The highest BCUT2D eigenvalue weighted by Crippen LogP contribution is 2.27. The summed E-state index contributed by atoms with van der Waals surface area (Å²) < 4.78 is 5.01. The Bertz CT molecular complexity index is 457. The summed E-state index contributed by atoms with van der Waals surface area (Å²) in [7, 11) is 1.54. The third kappa shape index (κ3) is 2.64. The van der Waals surface area contributed by atoms with Gasteiger partial charge in [0.25, 0.3) is 5.91 Å². The van der Waals surface area contributed by atoms with Gasteiger partial charge in [-0.2, -0.15) is 0 Å². The van der Waals surface area contributed by atoms with Gasteiger partial charge < -0.3 is 15.2 Å². The van der Waals surface area contributed by atoms with E-state index in [2.05, 4.69) is 5.32 Å². The van der Waals surface area contributed by atoms with E-state index in [4.69, 9.17) is 9.84 Å². The molecule has 1 aromatic rings. The van der Waals surface area contributed by atoms with Crippen LogP contribution < -0.4 is 10.1 Å². The zero-order chi connectivity index (χ0) is 13.1. The van der Waals surface area contributed by atoms with Crippen LogP contribution in [0.5, 0.6) is 5.75 Å². The van der Waals surface area contributed by atoms with Gasteiger partial charge >= 0.3 is 5.97 Å². The van der Waals surface area contributed by atoms with Gasteiger partial charge in [-0.05, 0) is 12.8 Å². The minimum absolute atomic E-state index is 0.221. The number of carbonyl (C=O) groups excluding carboxylic acids is 1. The number of carboxylic acid groups (broad SMARTS) is 1. The van der Waals surface area contributed by atoms with Gasteiger partial charge in [0.15, 0.2) is 0 Å². The van der Waals surface area contributed by atoms with Gasteiger partial charge in [-0.3, -0.25) is 9.59 Å². The third-order valence-corrected chi connectivity index (χ3v) is 4.09. The van der Waals surface area contributed by atoms with E-state index in [1.165, 1.54) is 11.3 Å². The average Bonchev–Trinajstić information content (AvgIpc) is 2.96. The first-order chi connectivity index (χ1) is 8.61. The zero-order valence-electron chi connectivity index (χ0n) is 10.0. The molecule has 1 aliphatic rings. The molecule has 5 nitrogen and oxygen atoms in total. The van der Waals surface area contributed by atoms with Crippen molar-refractivity contribution in [1.29, 1.82) is 0 Å². The van der Waals surface area contributed by atoms with Crippen molar-refractivity contribution >= 4 is 23.2 Å². The van der Waals surface area contributed by atoms with E-state index in [0.717, 1.165) is 12.8 Å². The van der Waals surface area contributed by atoms with Gasteiger partial charge in [-0.15, -0.1) is 11.3 Å². The highest BCUT2D eigenvalue weighted by molar-refractivity contribution is 7.12. The van der Waals surface area contributed by atoms with E-state index in [0.29, 0.717) is 17.0 Å². The van der Waals surface area contributed by atoms with E-state index in [1.54, 1.807) is 18.6 Å². The Hall–Kier alpha value is -1.56. The molecule has 2 rings (SSSR count). The molecule has 98 valence electrons. The van der Waals surface area contributed by atoms with Crippen LogP contribution >= 0.6 is 11.3 Å². The Morgan fingerprint density at radius 1 is 1.50 bits per heavy atom. The van der Waals surface area contributed by atoms with Gasteiger partial charge in [-0.1, -0.05) is 6.42 Å². The second kappa shape index (κ2) is 5.39. The predicted molar refractivity (Wildman–Crippen MR) is 67.1 cm³/mol. The summed E-state index contributed by atoms with van der Waals surface area (Å²) in [5, 5.41) is 13.6. The standard InChI is InChI=1S/C12H15NO4S/c1-17-7-5-10(18-6-7)11(14)13-9-4-2-3-8(9)12(15)16/h5-6,8-9H,2-4H2,1H3,(H,13,14)(H,15,16). The lowest BCUT2D eigenvalue weighted by atomic mass is 10.0. The van der Waals surface area contributed by atoms with Crippen LogP contribution in [0.4, 0.5) is 0 Å². The minimum atomic E-state index is -0.832. The van der Waals surface area contributed by atoms with Crippen LogP contribution in [0.15, 0.2) is 11.4 Å². The van der Waals surface area contributed by atoms with Crippen molar-refractivity contribution in [2.45, 2.75) is 25.3 Å². The van der Waals surface area contributed by atoms with Crippen molar-refractivity contribution in [1.82, 2.24) is 5.32 Å².